The molecular weight excluding hydrogens is 236 g/mol. The number of aldehydes is 1. The lowest BCUT2D eigenvalue weighted by atomic mass is 9.99. The number of likely N-dealkylation sites (tertiary alicyclic amines) is 1. The fourth-order valence-electron chi connectivity index (χ4n) is 2.87. The Morgan fingerprint density at radius 3 is 2.89 bits per heavy atom. The number of H-pyrrole nitrogens is 1. The summed E-state index contributed by atoms with van der Waals surface area (Å²) >= 11 is 0. The molecule has 0 aliphatic carbocycles. The van der Waals surface area contributed by atoms with Gasteiger partial charge in [0.1, 0.15) is 6.29 Å². The van der Waals surface area contributed by atoms with Gasteiger partial charge in [-0.2, -0.15) is 0 Å². The van der Waals surface area contributed by atoms with Gasteiger partial charge in [-0.25, -0.2) is 0 Å². The lowest BCUT2D eigenvalue weighted by Crippen LogP contribution is -2.32. The standard InChI is InChI=1S/C16H20N2O/c1-12-4-6-18(7-5-12)10-14-9-17-16-8-13(11-19)2-3-15(14)16/h2-3,8-9,11-12,17H,4-7,10H2,1H3. The number of carbonyl (C=O) groups is 1. The highest BCUT2D eigenvalue weighted by Gasteiger charge is 2.16. The predicted molar refractivity (Wildman–Crippen MR) is 77.4 cm³/mol. The number of nitrogens with zero attached hydrogens (tertiary/aromatic N) is 1. The molecule has 0 atom stereocenters. The van der Waals surface area contributed by atoms with Crippen molar-refractivity contribution in [2.45, 2.75) is 26.3 Å². The van der Waals surface area contributed by atoms with Crippen molar-refractivity contribution in [3.63, 3.8) is 0 Å². The average Bonchev–Trinajstić information content (AvgIpc) is 2.83. The Morgan fingerprint density at radius 1 is 1.37 bits per heavy atom. The van der Waals surface area contributed by atoms with Crippen molar-refractivity contribution in [1.29, 1.82) is 0 Å². The molecule has 1 N–H and O–H groups in total. The number of aromatic nitrogens is 1. The van der Waals surface area contributed by atoms with Crippen LogP contribution in [0, 0.1) is 5.92 Å². The van der Waals surface area contributed by atoms with Gasteiger partial charge in [-0.15, -0.1) is 0 Å². The normalized spacial score (nSPS) is 17.9. The van der Waals surface area contributed by atoms with Crippen LogP contribution in [0.5, 0.6) is 0 Å². The molecule has 0 saturated carbocycles. The van der Waals surface area contributed by atoms with E-state index in [1.54, 1.807) is 0 Å². The third kappa shape index (κ3) is 2.56. The van der Waals surface area contributed by atoms with Crippen molar-refractivity contribution in [2.24, 2.45) is 5.92 Å². The van der Waals surface area contributed by atoms with Crippen molar-refractivity contribution >= 4 is 17.2 Å². The zero-order valence-corrected chi connectivity index (χ0v) is 11.4. The molecule has 0 unspecified atom stereocenters. The van der Waals surface area contributed by atoms with Crippen molar-refractivity contribution in [3.05, 3.63) is 35.5 Å². The van der Waals surface area contributed by atoms with Crippen LogP contribution in [0.1, 0.15) is 35.7 Å². The summed E-state index contributed by atoms with van der Waals surface area (Å²) in [5.41, 5.74) is 3.12. The number of carbonyl (C=O) groups excluding carboxylic acids is 1. The molecule has 0 bridgehead atoms. The van der Waals surface area contributed by atoms with E-state index in [0.717, 1.165) is 29.8 Å². The Hall–Kier alpha value is -1.61. The topological polar surface area (TPSA) is 36.1 Å². The maximum absolute atomic E-state index is 10.8. The lowest BCUT2D eigenvalue weighted by Gasteiger charge is -2.29. The molecule has 3 nitrogen and oxygen atoms in total. The van der Waals surface area contributed by atoms with Gasteiger partial charge in [0.2, 0.25) is 0 Å². The quantitative estimate of drug-likeness (QED) is 0.856. The van der Waals surface area contributed by atoms with E-state index in [1.807, 2.05) is 12.1 Å². The van der Waals surface area contributed by atoms with Crippen LogP contribution in [-0.4, -0.2) is 29.3 Å². The molecule has 1 aromatic carbocycles. The van der Waals surface area contributed by atoms with Gasteiger partial charge in [0.25, 0.3) is 0 Å². The highest BCUT2D eigenvalue weighted by molar-refractivity contribution is 5.89. The minimum absolute atomic E-state index is 0.729. The number of nitrogens with one attached hydrogen (secondary N) is 1. The molecule has 0 spiro atoms. The number of hydrogen-bond donors (Lipinski definition) is 1. The highest BCUT2D eigenvalue weighted by Crippen LogP contribution is 2.23. The van der Waals surface area contributed by atoms with Gasteiger partial charge in [-0.3, -0.25) is 9.69 Å². The van der Waals surface area contributed by atoms with Gasteiger partial charge in [-0.05, 0) is 43.5 Å². The number of hydrogen-bond acceptors (Lipinski definition) is 2. The molecule has 0 radical (unpaired) electrons. The van der Waals surface area contributed by atoms with E-state index in [4.69, 9.17) is 0 Å². The SMILES string of the molecule is CC1CCN(Cc2c[nH]c3cc(C=O)ccc23)CC1. The first kappa shape index (κ1) is 12.4. The van der Waals surface area contributed by atoms with Crippen molar-refractivity contribution in [1.82, 2.24) is 9.88 Å². The fraction of sp³-hybridized carbons (Fsp3) is 0.438. The van der Waals surface area contributed by atoms with Gasteiger partial charge in [-0.1, -0.05) is 19.1 Å². The van der Waals surface area contributed by atoms with Gasteiger partial charge in [0, 0.05) is 29.2 Å². The number of benzene rings is 1. The molecule has 1 aromatic heterocycles. The van der Waals surface area contributed by atoms with Crippen LogP contribution < -0.4 is 0 Å². The second-order valence-corrected chi connectivity index (χ2v) is 5.70. The van der Waals surface area contributed by atoms with E-state index in [9.17, 15) is 4.79 Å². The molecule has 2 heterocycles. The summed E-state index contributed by atoms with van der Waals surface area (Å²) in [6, 6.07) is 5.87. The number of rotatable bonds is 3. The molecular formula is C16H20N2O. The van der Waals surface area contributed by atoms with Gasteiger partial charge >= 0.3 is 0 Å². The molecule has 3 heteroatoms. The Kier molecular flexibility index (Phi) is 3.38. The van der Waals surface area contributed by atoms with E-state index in [-0.39, 0.29) is 0 Å². The van der Waals surface area contributed by atoms with Crippen LogP contribution >= 0.6 is 0 Å². The summed E-state index contributed by atoms with van der Waals surface area (Å²) in [5.74, 6) is 0.870. The molecule has 1 aliphatic rings. The predicted octanol–water partition coefficient (Wildman–Crippen LogP) is 3.21. The van der Waals surface area contributed by atoms with Gasteiger partial charge < -0.3 is 4.98 Å². The first-order valence-corrected chi connectivity index (χ1v) is 7.04. The van der Waals surface area contributed by atoms with E-state index in [1.165, 1.54) is 36.9 Å². The zero-order valence-electron chi connectivity index (χ0n) is 11.4. The Labute approximate surface area is 113 Å². The maximum atomic E-state index is 10.8. The minimum Gasteiger partial charge on any atom is -0.361 e. The molecule has 100 valence electrons. The minimum atomic E-state index is 0.729. The van der Waals surface area contributed by atoms with E-state index < -0.39 is 0 Å². The first-order valence-electron chi connectivity index (χ1n) is 7.04. The molecule has 1 aliphatic heterocycles. The van der Waals surface area contributed by atoms with Gasteiger partial charge in [0.05, 0.1) is 0 Å². The molecule has 1 saturated heterocycles. The van der Waals surface area contributed by atoms with E-state index in [2.05, 4.69) is 29.1 Å². The molecule has 2 aromatic rings. The van der Waals surface area contributed by atoms with Gasteiger partial charge in [0.15, 0.2) is 0 Å². The summed E-state index contributed by atoms with van der Waals surface area (Å²) in [7, 11) is 0. The summed E-state index contributed by atoms with van der Waals surface area (Å²) in [6.07, 6.45) is 5.58. The Bertz CT molecular complexity index is 579. The summed E-state index contributed by atoms with van der Waals surface area (Å²) in [4.78, 5) is 16.6. The number of aromatic amines is 1. The number of fused-ring (bicyclic) bond motifs is 1. The summed E-state index contributed by atoms with van der Waals surface area (Å²) < 4.78 is 0. The Morgan fingerprint density at radius 2 is 2.16 bits per heavy atom. The van der Waals surface area contributed by atoms with E-state index >= 15 is 0 Å². The van der Waals surface area contributed by atoms with Crippen molar-refractivity contribution < 1.29 is 4.79 Å². The smallest absolute Gasteiger partial charge is 0.150 e. The monoisotopic (exact) mass is 256 g/mol. The van der Waals surface area contributed by atoms with Crippen LogP contribution in [0.25, 0.3) is 10.9 Å². The van der Waals surface area contributed by atoms with E-state index in [0.29, 0.717) is 0 Å². The van der Waals surface area contributed by atoms with Crippen molar-refractivity contribution in [3.8, 4) is 0 Å². The first-order chi connectivity index (χ1) is 9.26. The summed E-state index contributed by atoms with van der Waals surface area (Å²) in [5, 5.41) is 1.24. The molecule has 0 amide bonds. The third-order valence-electron chi connectivity index (χ3n) is 4.20. The van der Waals surface area contributed by atoms with Crippen LogP contribution in [0.15, 0.2) is 24.4 Å². The van der Waals surface area contributed by atoms with Crippen LogP contribution in [0.4, 0.5) is 0 Å². The second kappa shape index (κ2) is 5.17. The lowest BCUT2D eigenvalue weighted by molar-refractivity contribution is 0.112. The van der Waals surface area contributed by atoms with Crippen molar-refractivity contribution in [2.75, 3.05) is 13.1 Å². The molecule has 3 rings (SSSR count). The third-order valence-corrected chi connectivity index (χ3v) is 4.20. The molecule has 19 heavy (non-hydrogen) atoms. The summed E-state index contributed by atoms with van der Waals surface area (Å²) in [6.45, 7) is 5.73. The maximum Gasteiger partial charge on any atom is 0.150 e. The largest absolute Gasteiger partial charge is 0.361 e. The fourth-order valence-corrected chi connectivity index (χ4v) is 2.87. The zero-order chi connectivity index (χ0) is 13.2. The second-order valence-electron chi connectivity index (χ2n) is 5.70. The van der Waals surface area contributed by atoms with Crippen LogP contribution in [0.2, 0.25) is 0 Å². The van der Waals surface area contributed by atoms with Crippen LogP contribution in [0.3, 0.4) is 0 Å². The van der Waals surface area contributed by atoms with Crippen LogP contribution in [-0.2, 0) is 6.54 Å². The molecule has 1 fully saturated rings. The Balaban J connectivity index is 1.79. The highest BCUT2D eigenvalue weighted by atomic mass is 16.1. The average molecular weight is 256 g/mol. The number of piperidine rings is 1.